The molecular formula is C13H20BrFN2O2S. The number of sulfonamides is 1. The Morgan fingerprint density at radius 1 is 1.30 bits per heavy atom. The van der Waals surface area contributed by atoms with Crippen LogP contribution >= 0.6 is 15.9 Å². The van der Waals surface area contributed by atoms with Crippen molar-refractivity contribution in [3.05, 3.63) is 22.4 Å². The second-order valence-corrected chi connectivity index (χ2v) is 7.83. The van der Waals surface area contributed by atoms with Crippen molar-refractivity contribution in [3.63, 3.8) is 0 Å². The van der Waals surface area contributed by atoms with E-state index in [1.807, 2.05) is 0 Å². The first kappa shape index (κ1) is 17.4. The summed E-state index contributed by atoms with van der Waals surface area (Å²) < 4.78 is 40.9. The van der Waals surface area contributed by atoms with Gasteiger partial charge in [0.15, 0.2) is 0 Å². The van der Waals surface area contributed by atoms with Crippen LogP contribution in [0.4, 0.5) is 10.1 Å². The monoisotopic (exact) mass is 366 g/mol. The molecule has 0 saturated carbocycles. The number of benzene rings is 1. The second kappa shape index (κ2) is 6.87. The molecule has 1 rings (SSSR count). The largest absolute Gasteiger partial charge is 0.398 e. The Morgan fingerprint density at radius 3 is 2.45 bits per heavy atom. The minimum Gasteiger partial charge on any atom is -0.398 e. The fourth-order valence-electron chi connectivity index (χ4n) is 1.72. The normalized spacial score (nSPS) is 13.7. The van der Waals surface area contributed by atoms with Crippen LogP contribution in [-0.2, 0) is 10.0 Å². The van der Waals surface area contributed by atoms with Crippen LogP contribution in [0.5, 0.6) is 0 Å². The molecule has 0 aliphatic carbocycles. The van der Waals surface area contributed by atoms with Crippen LogP contribution in [0.1, 0.15) is 33.6 Å². The van der Waals surface area contributed by atoms with Gasteiger partial charge in [-0.25, -0.2) is 17.5 Å². The lowest BCUT2D eigenvalue weighted by Crippen LogP contribution is -2.33. The highest BCUT2D eigenvalue weighted by Gasteiger charge is 2.22. The number of nitrogen functional groups attached to an aromatic ring is 1. The van der Waals surface area contributed by atoms with Crippen LogP contribution in [0.3, 0.4) is 0 Å². The summed E-state index contributed by atoms with van der Waals surface area (Å²) in [7, 11) is -3.90. The van der Waals surface area contributed by atoms with E-state index in [0.29, 0.717) is 16.8 Å². The van der Waals surface area contributed by atoms with Crippen molar-refractivity contribution < 1.29 is 12.8 Å². The second-order valence-electron chi connectivity index (χ2n) is 5.30. The van der Waals surface area contributed by atoms with Crippen LogP contribution in [-0.4, -0.2) is 14.5 Å². The van der Waals surface area contributed by atoms with E-state index in [1.54, 1.807) is 6.92 Å². The number of rotatable bonds is 6. The lowest BCUT2D eigenvalue weighted by molar-refractivity contribution is 0.483. The van der Waals surface area contributed by atoms with Gasteiger partial charge in [0.2, 0.25) is 10.0 Å². The summed E-state index contributed by atoms with van der Waals surface area (Å²) in [5, 5.41) is 0. The molecule has 7 heteroatoms. The Morgan fingerprint density at radius 2 is 1.90 bits per heavy atom. The minimum atomic E-state index is -3.90. The highest BCUT2D eigenvalue weighted by molar-refractivity contribution is 9.10. The molecule has 0 spiro atoms. The van der Waals surface area contributed by atoms with Crippen molar-refractivity contribution in [2.24, 2.45) is 5.92 Å². The molecule has 3 N–H and O–H groups in total. The predicted octanol–water partition coefficient (Wildman–Crippen LogP) is 3.27. The molecule has 1 aromatic carbocycles. The molecule has 1 atom stereocenters. The van der Waals surface area contributed by atoms with Crippen molar-refractivity contribution in [1.29, 1.82) is 0 Å². The van der Waals surface area contributed by atoms with E-state index in [4.69, 9.17) is 5.73 Å². The Labute approximate surface area is 128 Å². The van der Waals surface area contributed by atoms with Crippen LogP contribution < -0.4 is 10.5 Å². The molecule has 0 fully saturated rings. The molecule has 0 heterocycles. The van der Waals surface area contributed by atoms with Gasteiger partial charge in [0.1, 0.15) is 10.7 Å². The highest BCUT2D eigenvalue weighted by Crippen LogP contribution is 2.26. The van der Waals surface area contributed by atoms with Gasteiger partial charge in [-0.1, -0.05) is 13.8 Å². The maximum atomic E-state index is 13.8. The molecule has 1 unspecified atom stereocenters. The van der Waals surface area contributed by atoms with Gasteiger partial charge < -0.3 is 5.73 Å². The van der Waals surface area contributed by atoms with E-state index >= 15 is 0 Å². The number of hydrogen-bond acceptors (Lipinski definition) is 3. The average Bonchev–Trinajstić information content (AvgIpc) is 2.30. The molecule has 0 bridgehead atoms. The number of nitrogens with two attached hydrogens (primary N) is 1. The maximum absolute atomic E-state index is 13.8. The molecule has 114 valence electrons. The Hall–Kier alpha value is -0.660. The first-order valence-electron chi connectivity index (χ1n) is 6.40. The predicted molar refractivity (Wildman–Crippen MR) is 82.4 cm³/mol. The zero-order valence-electron chi connectivity index (χ0n) is 11.8. The van der Waals surface area contributed by atoms with Crippen LogP contribution in [0.25, 0.3) is 0 Å². The quantitative estimate of drug-likeness (QED) is 0.758. The van der Waals surface area contributed by atoms with Crippen LogP contribution in [0.15, 0.2) is 21.5 Å². The van der Waals surface area contributed by atoms with Gasteiger partial charge in [-0.05, 0) is 53.7 Å². The SMILES string of the molecule is CC(C)CCC(C)NS(=O)(=O)c1cc(N)c(Br)cc1F. The summed E-state index contributed by atoms with van der Waals surface area (Å²) in [5.41, 5.74) is 5.79. The van der Waals surface area contributed by atoms with E-state index in [0.717, 1.165) is 18.6 Å². The Bertz CT molecular complexity index is 576. The van der Waals surface area contributed by atoms with Crippen molar-refractivity contribution >= 4 is 31.6 Å². The van der Waals surface area contributed by atoms with Crippen LogP contribution in [0.2, 0.25) is 0 Å². The number of nitrogens with one attached hydrogen (secondary N) is 1. The average molecular weight is 367 g/mol. The summed E-state index contributed by atoms with van der Waals surface area (Å²) in [6.07, 6.45) is 1.60. The molecular weight excluding hydrogens is 347 g/mol. The fraction of sp³-hybridized carbons (Fsp3) is 0.538. The third-order valence-corrected chi connectivity index (χ3v) is 5.17. The van der Waals surface area contributed by atoms with Gasteiger partial charge in [-0.15, -0.1) is 0 Å². The third kappa shape index (κ3) is 4.71. The maximum Gasteiger partial charge on any atom is 0.243 e. The molecule has 0 radical (unpaired) electrons. The molecule has 0 amide bonds. The number of anilines is 1. The molecule has 0 aromatic heterocycles. The zero-order valence-corrected chi connectivity index (χ0v) is 14.2. The van der Waals surface area contributed by atoms with Gasteiger partial charge in [0, 0.05) is 16.2 Å². The first-order valence-corrected chi connectivity index (χ1v) is 8.68. The van der Waals surface area contributed by atoms with Gasteiger partial charge in [0.05, 0.1) is 0 Å². The van der Waals surface area contributed by atoms with Crippen molar-refractivity contribution in [3.8, 4) is 0 Å². The zero-order chi connectivity index (χ0) is 15.5. The first-order chi connectivity index (χ1) is 9.13. The summed E-state index contributed by atoms with van der Waals surface area (Å²) in [4.78, 5) is -0.422. The molecule has 20 heavy (non-hydrogen) atoms. The molecule has 0 saturated heterocycles. The van der Waals surface area contributed by atoms with E-state index in [2.05, 4.69) is 34.5 Å². The van der Waals surface area contributed by atoms with Gasteiger partial charge in [-0.2, -0.15) is 0 Å². The van der Waals surface area contributed by atoms with E-state index in [1.165, 1.54) is 0 Å². The van der Waals surface area contributed by atoms with Crippen molar-refractivity contribution in [1.82, 2.24) is 4.72 Å². The minimum absolute atomic E-state index is 0.182. The number of hydrogen-bond donors (Lipinski definition) is 2. The summed E-state index contributed by atoms with van der Waals surface area (Å²) in [6.45, 7) is 5.90. The number of halogens is 2. The highest BCUT2D eigenvalue weighted by atomic mass is 79.9. The molecule has 0 aliphatic heterocycles. The topological polar surface area (TPSA) is 72.2 Å². The summed E-state index contributed by atoms with van der Waals surface area (Å²) in [5.74, 6) is -0.336. The lowest BCUT2D eigenvalue weighted by Gasteiger charge is -2.16. The summed E-state index contributed by atoms with van der Waals surface area (Å²) in [6, 6.07) is 1.92. The Kier molecular flexibility index (Phi) is 5.97. The van der Waals surface area contributed by atoms with E-state index in [9.17, 15) is 12.8 Å². The summed E-state index contributed by atoms with van der Waals surface area (Å²) >= 11 is 3.06. The molecule has 0 aliphatic rings. The van der Waals surface area contributed by atoms with Gasteiger partial charge in [-0.3, -0.25) is 0 Å². The molecule has 4 nitrogen and oxygen atoms in total. The van der Waals surface area contributed by atoms with Crippen molar-refractivity contribution in [2.75, 3.05) is 5.73 Å². The smallest absolute Gasteiger partial charge is 0.243 e. The van der Waals surface area contributed by atoms with E-state index < -0.39 is 20.7 Å². The van der Waals surface area contributed by atoms with Gasteiger partial charge >= 0.3 is 0 Å². The lowest BCUT2D eigenvalue weighted by atomic mass is 10.1. The van der Waals surface area contributed by atoms with E-state index in [-0.39, 0.29) is 11.7 Å². The van der Waals surface area contributed by atoms with Crippen molar-refractivity contribution in [2.45, 2.75) is 44.6 Å². The van der Waals surface area contributed by atoms with Gasteiger partial charge in [0.25, 0.3) is 0 Å². The van der Waals surface area contributed by atoms with Crippen LogP contribution in [0, 0.1) is 11.7 Å². The third-order valence-electron chi connectivity index (χ3n) is 2.87. The molecule has 1 aromatic rings. The standard InChI is InChI=1S/C13H20BrFN2O2S/c1-8(2)4-5-9(3)17-20(18,19)13-7-12(16)10(14)6-11(13)15/h6-9,17H,4-5,16H2,1-3H3. The Balaban J connectivity index is 2.92. The fourth-order valence-corrected chi connectivity index (χ4v) is 3.41.